The second-order valence-corrected chi connectivity index (χ2v) is 12.6. The average molecular weight is 567 g/mol. The van der Waals surface area contributed by atoms with Gasteiger partial charge in [0.05, 0.1) is 16.8 Å². The van der Waals surface area contributed by atoms with Crippen LogP contribution in [0.4, 0.5) is 11.4 Å². The van der Waals surface area contributed by atoms with Gasteiger partial charge in [-0.05, 0) is 99.8 Å². The van der Waals surface area contributed by atoms with Crippen LogP contribution in [-0.2, 0) is 10.2 Å². The molecule has 0 aliphatic carbocycles. The largest absolute Gasteiger partial charge is 0.342 e. The van der Waals surface area contributed by atoms with Gasteiger partial charge >= 0.3 is 0 Å². The Labute approximate surface area is 239 Å². The molecule has 3 aliphatic heterocycles. The van der Waals surface area contributed by atoms with Crippen molar-refractivity contribution in [2.24, 2.45) is 0 Å². The van der Waals surface area contributed by atoms with Crippen LogP contribution in [0, 0.1) is 0 Å². The highest BCUT2D eigenvalue weighted by Gasteiger charge is 2.45. The zero-order chi connectivity index (χ0) is 26.1. The van der Waals surface area contributed by atoms with Crippen LogP contribution in [0.15, 0.2) is 76.5 Å². The Kier molecular flexibility index (Phi) is 7.63. The summed E-state index contributed by atoms with van der Waals surface area (Å²) in [5.74, 6) is 0.299. The molecule has 0 spiro atoms. The molecular formula is C31H33Cl2N3OS. The van der Waals surface area contributed by atoms with Gasteiger partial charge in [0.25, 0.3) is 0 Å². The summed E-state index contributed by atoms with van der Waals surface area (Å²) in [7, 11) is 0. The first-order valence-corrected chi connectivity index (χ1v) is 15.2. The van der Waals surface area contributed by atoms with Gasteiger partial charge in [-0.1, -0.05) is 59.2 Å². The van der Waals surface area contributed by atoms with Crippen molar-refractivity contribution in [1.82, 2.24) is 9.80 Å². The first kappa shape index (κ1) is 26.1. The van der Waals surface area contributed by atoms with E-state index in [2.05, 4.69) is 57.2 Å². The fourth-order valence-electron chi connectivity index (χ4n) is 6.29. The lowest BCUT2D eigenvalue weighted by Gasteiger charge is -2.43. The van der Waals surface area contributed by atoms with Gasteiger partial charge in [0, 0.05) is 39.5 Å². The third kappa shape index (κ3) is 5.06. The number of nitrogens with zero attached hydrogens (tertiary/aromatic N) is 3. The molecule has 0 saturated carbocycles. The summed E-state index contributed by atoms with van der Waals surface area (Å²) in [6, 6.07) is 22.8. The Morgan fingerprint density at radius 3 is 2.32 bits per heavy atom. The first-order chi connectivity index (χ1) is 18.5. The highest BCUT2D eigenvalue weighted by Crippen LogP contribution is 2.48. The molecule has 3 aliphatic rings. The molecule has 198 valence electrons. The summed E-state index contributed by atoms with van der Waals surface area (Å²) in [6.45, 7) is 5.53. The smallest absolute Gasteiger partial charge is 0.233 e. The minimum absolute atomic E-state index is 0.299. The number of amides is 1. The van der Waals surface area contributed by atoms with Gasteiger partial charge in [0.15, 0.2) is 0 Å². The van der Waals surface area contributed by atoms with Crippen molar-refractivity contribution in [3.05, 3.63) is 82.3 Å². The molecule has 4 nitrogen and oxygen atoms in total. The van der Waals surface area contributed by atoms with Crippen molar-refractivity contribution in [2.45, 2.75) is 47.3 Å². The van der Waals surface area contributed by atoms with Gasteiger partial charge in [0.1, 0.15) is 0 Å². The number of likely N-dealkylation sites (tertiary alicyclic amines) is 2. The van der Waals surface area contributed by atoms with Crippen molar-refractivity contribution < 1.29 is 4.79 Å². The molecule has 3 heterocycles. The van der Waals surface area contributed by atoms with E-state index < -0.39 is 5.41 Å². The van der Waals surface area contributed by atoms with Crippen LogP contribution in [-0.4, -0.2) is 55.0 Å². The molecule has 0 atom stereocenters. The van der Waals surface area contributed by atoms with E-state index in [1.807, 2.05) is 36.0 Å². The summed E-state index contributed by atoms with van der Waals surface area (Å²) in [5.41, 5.74) is 3.06. The van der Waals surface area contributed by atoms with Gasteiger partial charge in [-0.2, -0.15) is 0 Å². The predicted octanol–water partition coefficient (Wildman–Crippen LogP) is 7.64. The molecule has 2 saturated heterocycles. The number of rotatable bonds is 6. The first-order valence-electron chi connectivity index (χ1n) is 13.7. The molecule has 0 bridgehead atoms. The van der Waals surface area contributed by atoms with Gasteiger partial charge in [-0.25, -0.2) is 0 Å². The topological polar surface area (TPSA) is 26.8 Å². The lowest BCUT2D eigenvalue weighted by molar-refractivity contribution is -0.138. The second-order valence-electron chi connectivity index (χ2n) is 10.6. The summed E-state index contributed by atoms with van der Waals surface area (Å²) < 4.78 is 0. The van der Waals surface area contributed by atoms with Crippen LogP contribution in [0.1, 0.15) is 37.7 Å². The Hall–Kier alpha value is -2.18. The second kappa shape index (κ2) is 11.1. The molecule has 6 rings (SSSR count). The van der Waals surface area contributed by atoms with E-state index in [0.29, 0.717) is 10.9 Å². The lowest BCUT2D eigenvalue weighted by atomic mass is 9.71. The van der Waals surface area contributed by atoms with Crippen molar-refractivity contribution >= 4 is 52.2 Å². The highest BCUT2D eigenvalue weighted by molar-refractivity contribution is 7.99. The summed E-state index contributed by atoms with van der Waals surface area (Å²) in [4.78, 5) is 23.4. The Morgan fingerprint density at radius 2 is 1.53 bits per heavy atom. The maximum Gasteiger partial charge on any atom is 0.233 e. The molecule has 0 radical (unpaired) electrons. The number of fused-ring (bicyclic) bond motifs is 2. The van der Waals surface area contributed by atoms with E-state index in [1.165, 1.54) is 21.2 Å². The van der Waals surface area contributed by atoms with Crippen molar-refractivity contribution in [2.75, 3.05) is 44.2 Å². The predicted molar refractivity (Wildman–Crippen MR) is 158 cm³/mol. The maximum absolute atomic E-state index is 13.9. The van der Waals surface area contributed by atoms with E-state index in [1.54, 1.807) is 0 Å². The van der Waals surface area contributed by atoms with Crippen LogP contribution in [0.5, 0.6) is 0 Å². The molecule has 0 aromatic heterocycles. The normalized spacial score (nSPS) is 18.8. The number of anilines is 2. The fourth-order valence-corrected chi connectivity index (χ4v) is 7.72. The molecule has 7 heteroatoms. The molecule has 2 fully saturated rings. The molecule has 0 unspecified atom stereocenters. The van der Waals surface area contributed by atoms with E-state index in [9.17, 15) is 4.79 Å². The van der Waals surface area contributed by atoms with Crippen LogP contribution in [0.25, 0.3) is 0 Å². The minimum atomic E-state index is -0.468. The molecule has 3 aromatic carbocycles. The zero-order valence-corrected chi connectivity index (χ0v) is 23.9. The fraction of sp³-hybridized carbons (Fsp3) is 0.387. The maximum atomic E-state index is 13.9. The van der Waals surface area contributed by atoms with Crippen LogP contribution >= 0.6 is 35.0 Å². The van der Waals surface area contributed by atoms with Crippen molar-refractivity contribution in [3.8, 4) is 0 Å². The molecule has 0 N–H and O–H groups in total. The number of halogens is 2. The van der Waals surface area contributed by atoms with Gasteiger partial charge in [-0.3, -0.25) is 4.79 Å². The summed E-state index contributed by atoms with van der Waals surface area (Å²) in [6.07, 6.45) is 4.93. The average Bonchev–Trinajstić information content (AvgIpc) is 3.48. The number of hydrogen-bond donors (Lipinski definition) is 0. The van der Waals surface area contributed by atoms with Gasteiger partial charge in [-0.15, -0.1) is 0 Å². The SMILES string of the molecule is O=C(N1CCCC1)C1(c2cccc(Cl)c2)CCN(CCCN2c3ccccc3Sc3ccc(Cl)cc32)CC1. The minimum Gasteiger partial charge on any atom is -0.342 e. The van der Waals surface area contributed by atoms with Crippen LogP contribution in [0.2, 0.25) is 10.0 Å². The molecule has 3 aromatic rings. The number of hydrogen-bond acceptors (Lipinski definition) is 4. The highest BCUT2D eigenvalue weighted by atomic mass is 35.5. The number of carbonyl (C=O) groups is 1. The number of para-hydroxylation sites is 1. The molecule has 38 heavy (non-hydrogen) atoms. The number of benzene rings is 3. The number of piperidine rings is 1. The third-order valence-corrected chi connectivity index (χ3v) is 9.93. The summed E-state index contributed by atoms with van der Waals surface area (Å²) >= 11 is 14.6. The van der Waals surface area contributed by atoms with Crippen molar-refractivity contribution in [1.29, 1.82) is 0 Å². The Bertz CT molecular complexity index is 1320. The zero-order valence-electron chi connectivity index (χ0n) is 21.5. The lowest BCUT2D eigenvalue weighted by Crippen LogP contribution is -2.52. The molecular weight excluding hydrogens is 533 g/mol. The Morgan fingerprint density at radius 1 is 0.789 bits per heavy atom. The van der Waals surface area contributed by atoms with E-state index in [0.717, 1.165) is 82.0 Å². The summed E-state index contributed by atoms with van der Waals surface area (Å²) in [5, 5.41) is 1.48. The van der Waals surface area contributed by atoms with Gasteiger partial charge in [0.2, 0.25) is 5.91 Å². The van der Waals surface area contributed by atoms with E-state index in [-0.39, 0.29) is 0 Å². The number of carbonyl (C=O) groups excluding carboxylic acids is 1. The quantitative estimate of drug-likeness (QED) is 0.306. The van der Waals surface area contributed by atoms with Crippen LogP contribution in [0.3, 0.4) is 0 Å². The van der Waals surface area contributed by atoms with Gasteiger partial charge < -0.3 is 14.7 Å². The third-order valence-electron chi connectivity index (χ3n) is 8.33. The van der Waals surface area contributed by atoms with Crippen LogP contribution < -0.4 is 4.90 Å². The standard InChI is InChI=1S/C31H33Cl2N3OS/c32-24-8-5-7-23(21-24)31(30(37)35-16-3-4-17-35)13-19-34(20-14-31)15-6-18-36-26-9-1-2-10-28(26)38-29-12-11-25(33)22-27(29)36/h1-2,5,7-12,21-22H,3-4,6,13-20H2. The molecule has 1 amide bonds. The van der Waals surface area contributed by atoms with Crippen molar-refractivity contribution in [3.63, 3.8) is 0 Å². The van der Waals surface area contributed by atoms with E-state index in [4.69, 9.17) is 23.2 Å². The monoisotopic (exact) mass is 565 g/mol. The Balaban J connectivity index is 1.14. The van der Waals surface area contributed by atoms with E-state index >= 15 is 0 Å².